The molecule has 0 unspecified atom stereocenters. The molecule has 0 radical (unpaired) electrons. The van der Waals surface area contributed by atoms with Gasteiger partial charge in [0.15, 0.2) is 12.4 Å². The summed E-state index contributed by atoms with van der Waals surface area (Å²) in [5.74, 6) is 0.895. The summed E-state index contributed by atoms with van der Waals surface area (Å²) in [6, 6.07) is 18.3. The first kappa shape index (κ1) is 12.5. The summed E-state index contributed by atoms with van der Waals surface area (Å²) in [6.45, 7) is 2.67. The number of rotatable bonds is 4. The fourth-order valence-corrected chi connectivity index (χ4v) is 2.14. The van der Waals surface area contributed by atoms with Crippen LogP contribution >= 0.6 is 0 Å². The van der Waals surface area contributed by atoms with Crippen LogP contribution in [0.5, 0.6) is 5.75 Å². The van der Waals surface area contributed by atoms with Crippen LogP contribution in [0.4, 0.5) is 11.4 Å². The van der Waals surface area contributed by atoms with E-state index in [9.17, 15) is 0 Å². The molecule has 3 rings (SSSR count). The first-order valence-corrected chi connectivity index (χ1v) is 6.75. The number of benzene rings is 1. The Labute approximate surface area is 118 Å². The Bertz CT molecular complexity index is 708. The lowest BCUT2D eigenvalue weighted by atomic mass is 10.2. The average molecular weight is 265 g/mol. The highest BCUT2D eigenvalue weighted by Crippen LogP contribution is 2.20. The van der Waals surface area contributed by atoms with E-state index < -0.39 is 0 Å². The van der Waals surface area contributed by atoms with E-state index in [1.54, 1.807) is 0 Å². The fraction of sp³-hybridized carbons (Fsp3) is 0.118. The van der Waals surface area contributed by atoms with Crippen LogP contribution in [-0.2, 0) is 0 Å². The van der Waals surface area contributed by atoms with Gasteiger partial charge in [-0.1, -0.05) is 0 Å². The lowest BCUT2D eigenvalue weighted by Crippen LogP contribution is -2.19. The highest BCUT2D eigenvalue weighted by Gasteiger charge is 2.02. The molecule has 20 heavy (non-hydrogen) atoms. The Hall–Kier alpha value is -2.55. The SMILES string of the molecule is CCOc1ccc(Nc2cc[n+]3ccccc3c2)cc1. The number of ether oxygens (including phenoxy) is 1. The van der Waals surface area contributed by atoms with E-state index in [0.29, 0.717) is 6.61 Å². The second-order valence-electron chi connectivity index (χ2n) is 4.53. The van der Waals surface area contributed by atoms with Crippen molar-refractivity contribution in [1.82, 2.24) is 0 Å². The molecule has 3 heteroatoms. The predicted octanol–water partition coefficient (Wildman–Crippen LogP) is 3.57. The maximum Gasteiger partial charge on any atom is 0.212 e. The van der Waals surface area contributed by atoms with Crippen LogP contribution in [0.1, 0.15) is 6.92 Å². The Kier molecular flexibility index (Phi) is 3.50. The summed E-state index contributed by atoms with van der Waals surface area (Å²) in [5.41, 5.74) is 3.28. The third kappa shape index (κ3) is 2.72. The van der Waals surface area contributed by atoms with Crippen molar-refractivity contribution in [3.8, 4) is 5.75 Å². The van der Waals surface area contributed by atoms with Crippen molar-refractivity contribution >= 4 is 16.9 Å². The quantitative estimate of drug-likeness (QED) is 0.730. The Morgan fingerprint density at radius 2 is 1.80 bits per heavy atom. The number of fused-ring (bicyclic) bond motifs is 1. The number of pyridine rings is 2. The lowest BCUT2D eigenvalue weighted by Gasteiger charge is -2.07. The molecular formula is C17H17N2O+. The van der Waals surface area contributed by atoms with E-state index in [4.69, 9.17) is 4.74 Å². The molecule has 0 aliphatic heterocycles. The molecule has 0 aliphatic rings. The van der Waals surface area contributed by atoms with Crippen LogP contribution in [0, 0.1) is 0 Å². The van der Waals surface area contributed by atoms with Crippen molar-refractivity contribution in [2.24, 2.45) is 0 Å². The van der Waals surface area contributed by atoms with E-state index in [2.05, 4.69) is 27.9 Å². The van der Waals surface area contributed by atoms with Crippen LogP contribution in [-0.4, -0.2) is 6.61 Å². The van der Waals surface area contributed by atoms with E-state index >= 15 is 0 Å². The number of hydrogen-bond donors (Lipinski definition) is 1. The van der Waals surface area contributed by atoms with Crippen LogP contribution in [0.15, 0.2) is 67.0 Å². The van der Waals surface area contributed by atoms with Gasteiger partial charge >= 0.3 is 0 Å². The molecule has 1 N–H and O–H groups in total. The molecule has 0 aliphatic carbocycles. The highest BCUT2D eigenvalue weighted by atomic mass is 16.5. The Morgan fingerprint density at radius 3 is 2.60 bits per heavy atom. The summed E-state index contributed by atoms with van der Waals surface area (Å²) in [6.07, 6.45) is 4.09. The Morgan fingerprint density at radius 1 is 0.950 bits per heavy atom. The van der Waals surface area contributed by atoms with Crippen LogP contribution in [0.25, 0.3) is 5.52 Å². The highest BCUT2D eigenvalue weighted by molar-refractivity contribution is 5.63. The summed E-state index contributed by atoms with van der Waals surface area (Å²) in [5, 5.41) is 3.40. The molecule has 2 heterocycles. The minimum absolute atomic E-state index is 0.689. The number of nitrogens with one attached hydrogen (secondary N) is 1. The van der Waals surface area contributed by atoms with Gasteiger partial charge in [0.05, 0.1) is 12.3 Å². The topological polar surface area (TPSA) is 25.4 Å². The molecule has 100 valence electrons. The van der Waals surface area contributed by atoms with Crippen LogP contribution < -0.4 is 14.5 Å². The van der Waals surface area contributed by atoms with E-state index in [0.717, 1.165) is 22.6 Å². The van der Waals surface area contributed by atoms with Crippen molar-refractivity contribution in [3.05, 3.63) is 67.0 Å². The zero-order valence-electron chi connectivity index (χ0n) is 11.4. The zero-order chi connectivity index (χ0) is 13.8. The van der Waals surface area contributed by atoms with Crippen molar-refractivity contribution in [3.63, 3.8) is 0 Å². The second-order valence-corrected chi connectivity index (χ2v) is 4.53. The molecule has 0 spiro atoms. The standard InChI is InChI=1S/C17H16N2O/c1-2-20-17-8-6-14(7-9-17)18-15-10-12-19-11-4-3-5-16(19)13-15/h3-13H,2H2,1H3/p+1. The summed E-state index contributed by atoms with van der Waals surface area (Å²) >= 11 is 0. The van der Waals surface area contributed by atoms with Crippen molar-refractivity contribution in [1.29, 1.82) is 0 Å². The van der Waals surface area contributed by atoms with Gasteiger partial charge in [0.1, 0.15) is 5.75 Å². The number of hydrogen-bond acceptors (Lipinski definition) is 2. The van der Waals surface area contributed by atoms with Gasteiger partial charge in [-0.25, -0.2) is 0 Å². The predicted molar refractivity (Wildman–Crippen MR) is 80.5 cm³/mol. The molecule has 0 atom stereocenters. The minimum atomic E-state index is 0.689. The number of aromatic nitrogens is 1. The first-order valence-electron chi connectivity index (χ1n) is 6.75. The smallest absolute Gasteiger partial charge is 0.212 e. The zero-order valence-corrected chi connectivity index (χ0v) is 11.4. The van der Waals surface area contributed by atoms with E-state index in [1.165, 1.54) is 0 Å². The minimum Gasteiger partial charge on any atom is -0.494 e. The maximum absolute atomic E-state index is 5.44. The van der Waals surface area contributed by atoms with Crippen LogP contribution in [0.2, 0.25) is 0 Å². The average Bonchev–Trinajstić information content (AvgIpc) is 2.49. The van der Waals surface area contributed by atoms with Gasteiger partial charge in [-0.2, -0.15) is 4.40 Å². The second kappa shape index (κ2) is 5.61. The number of anilines is 2. The molecule has 0 saturated heterocycles. The van der Waals surface area contributed by atoms with E-state index in [-0.39, 0.29) is 0 Å². The van der Waals surface area contributed by atoms with Gasteiger partial charge in [-0.3, -0.25) is 0 Å². The molecule has 0 bridgehead atoms. The fourth-order valence-electron chi connectivity index (χ4n) is 2.14. The van der Waals surface area contributed by atoms with Gasteiger partial charge < -0.3 is 10.1 Å². The first-order chi connectivity index (χ1) is 9.85. The summed E-state index contributed by atoms with van der Waals surface area (Å²) in [4.78, 5) is 0. The van der Waals surface area contributed by atoms with Gasteiger partial charge in [-0.05, 0) is 37.3 Å². The van der Waals surface area contributed by atoms with Crippen molar-refractivity contribution < 1.29 is 9.14 Å². The van der Waals surface area contributed by atoms with Gasteiger partial charge in [0.25, 0.3) is 0 Å². The van der Waals surface area contributed by atoms with Crippen LogP contribution in [0.3, 0.4) is 0 Å². The van der Waals surface area contributed by atoms with Gasteiger partial charge in [-0.15, -0.1) is 0 Å². The number of nitrogens with zero attached hydrogens (tertiary/aromatic N) is 1. The monoisotopic (exact) mass is 265 g/mol. The summed E-state index contributed by atoms with van der Waals surface area (Å²) in [7, 11) is 0. The largest absolute Gasteiger partial charge is 0.494 e. The molecule has 0 saturated carbocycles. The Balaban J connectivity index is 1.81. The molecule has 2 aromatic heterocycles. The molecule has 0 amide bonds. The molecule has 0 fully saturated rings. The molecule has 3 aromatic rings. The summed E-state index contributed by atoms with van der Waals surface area (Å²) < 4.78 is 7.52. The molecule has 3 nitrogen and oxygen atoms in total. The van der Waals surface area contributed by atoms with E-state index in [1.807, 2.05) is 55.7 Å². The van der Waals surface area contributed by atoms with Crippen molar-refractivity contribution in [2.75, 3.05) is 11.9 Å². The third-order valence-electron chi connectivity index (χ3n) is 3.09. The lowest BCUT2D eigenvalue weighted by molar-refractivity contribution is -0.511. The molecule has 1 aromatic carbocycles. The normalized spacial score (nSPS) is 10.4. The maximum atomic E-state index is 5.44. The third-order valence-corrected chi connectivity index (χ3v) is 3.09. The molecular weight excluding hydrogens is 248 g/mol. The van der Waals surface area contributed by atoms with Gasteiger partial charge in [0.2, 0.25) is 5.52 Å². The van der Waals surface area contributed by atoms with Gasteiger partial charge in [0, 0.05) is 30.0 Å². The van der Waals surface area contributed by atoms with Crippen molar-refractivity contribution in [2.45, 2.75) is 6.92 Å².